The van der Waals surface area contributed by atoms with Gasteiger partial charge in [-0.15, -0.1) is 0 Å². The summed E-state index contributed by atoms with van der Waals surface area (Å²) in [5.41, 5.74) is 6.55. The quantitative estimate of drug-likeness (QED) is 0.131. The Kier molecular flexibility index (Phi) is 12.4. The van der Waals surface area contributed by atoms with Crippen molar-refractivity contribution in [2.75, 3.05) is 0 Å². The summed E-state index contributed by atoms with van der Waals surface area (Å²) in [5.74, 6) is 2.16. The summed E-state index contributed by atoms with van der Waals surface area (Å²) in [6, 6.07) is 32.6. The Bertz CT molecular complexity index is 2830. The highest BCUT2D eigenvalue weighted by molar-refractivity contribution is 6.31. The molecule has 2 amide bonds. The van der Waals surface area contributed by atoms with Crippen molar-refractivity contribution in [3.05, 3.63) is 196 Å². The summed E-state index contributed by atoms with van der Waals surface area (Å²) < 4.78 is 12.3. The largest absolute Gasteiger partial charge is 0.456 e. The Morgan fingerprint density at radius 1 is 0.593 bits per heavy atom. The molecule has 2 N–H and O–H groups in total. The number of nitrogens with zero attached hydrogens (tertiary/aromatic N) is 5. The van der Waals surface area contributed by atoms with Gasteiger partial charge in [-0.25, -0.2) is 4.85 Å². The highest BCUT2D eigenvalue weighted by atomic mass is 35.5. The van der Waals surface area contributed by atoms with Gasteiger partial charge in [0.25, 0.3) is 11.8 Å². The molecule has 4 aromatic carbocycles. The SMILES string of the molecule is Cc1c(Oc2ccnc3cc(Cl)ccc23)cccc1C(=O)NCc1ccncc1.[C-]#[N+]c1ccc2c(Oc3cccc(C(=O)NCc4ccncc4)c3C)ccnc2c1. The molecule has 4 aromatic heterocycles. The number of benzene rings is 4. The second-order valence-corrected chi connectivity index (χ2v) is 13.7. The summed E-state index contributed by atoms with van der Waals surface area (Å²) in [7, 11) is 0. The lowest BCUT2D eigenvalue weighted by Crippen LogP contribution is -2.23. The number of halogens is 1. The molecule has 4 heterocycles. The van der Waals surface area contributed by atoms with Gasteiger partial charge in [0.15, 0.2) is 5.69 Å². The van der Waals surface area contributed by atoms with Crippen LogP contribution in [0.3, 0.4) is 0 Å². The third kappa shape index (κ3) is 9.65. The number of hydrogen-bond acceptors (Lipinski definition) is 8. The van der Waals surface area contributed by atoms with Crippen molar-refractivity contribution in [1.29, 1.82) is 0 Å². The lowest BCUT2D eigenvalue weighted by molar-refractivity contribution is 0.0942. The molecule has 0 unspecified atom stereocenters. The number of carbonyl (C=O) groups is 2. The average Bonchev–Trinajstić information content (AvgIpc) is 3.27. The molecule has 0 fully saturated rings. The van der Waals surface area contributed by atoms with Gasteiger partial charge in [-0.3, -0.25) is 29.5 Å². The number of ether oxygens (including phenoxy) is 2. The normalized spacial score (nSPS) is 10.5. The molecule has 11 nitrogen and oxygen atoms in total. The van der Waals surface area contributed by atoms with Crippen LogP contribution in [0.4, 0.5) is 5.69 Å². The summed E-state index contributed by atoms with van der Waals surface area (Å²) in [6.07, 6.45) is 10.1. The zero-order valence-corrected chi connectivity index (χ0v) is 32.8. The third-order valence-corrected chi connectivity index (χ3v) is 9.62. The molecule has 0 aliphatic heterocycles. The van der Waals surface area contributed by atoms with Crippen molar-refractivity contribution in [2.24, 2.45) is 0 Å². The first-order chi connectivity index (χ1) is 28.8. The van der Waals surface area contributed by atoms with Crippen LogP contribution < -0.4 is 20.1 Å². The third-order valence-electron chi connectivity index (χ3n) is 9.38. The van der Waals surface area contributed by atoms with E-state index in [-0.39, 0.29) is 11.8 Å². The van der Waals surface area contributed by atoms with Gasteiger partial charge in [-0.05, 0) is 110 Å². The topological polar surface area (TPSA) is 133 Å². The van der Waals surface area contributed by atoms with E-state index < -0.39 is 0 Å². The Labute approximate surface area is 345 Å². The Balaban J connectivity index is 0.000000179. The summed E-state index contributed by atoms with van der Waals surface area (Å²) in [6.45, 7) is 11.7. The number of carbonyl (C=O) groups excluding carboxylic acids is 2. The Morgan fingerprint density at radius 3 is 1.56 bits per heavy atom. The molecule has 0 atom stereocenters. The van der Waals surface area contributed by atoms with E-state index in [1.165, 1.54) is 0 Å². The van der Waals surface area contributed by atoms with Gasteiger partial charge >= 0.3 is 0 Å². The average molecular weight is 798 g/mol. The number of rotatable bonds is 10. The molecule has 8 aromatic rings. The number of fused-ring (bicyclic) bond motifs is 2. The van der Waals surface area contributed by atoms with Crippen molar-refractivity contribution >= 4 is 50.9 Å². The van der Waals surface area contributed by atoms with Gasteiger partial charge in [0.2, 0.25) is 0 Å². The molecule has 0 saturated heterocycles. The van der Waals surface area contributed by atoms with E-state index in [0.717, 1.165) is 38.5 Å². The Morgan fingerprint density at radius 2 is 1.07 bits per heavy atom. The highest BCUT2D eigenvalue weighted by Crippen LogP contribution is 2.34. The van der Waals surface area contributed by atoms with Gasteiger partial charge < -0.3 is 20.1 Å². The minimum atomic E-state index is -0.170. The van der Waals surface area contributed by atoms with Crippen molar-refractivity contribution in [3.63, 3.8) is 0 Å². The summed E-state index contributed by atoms with van der Waals surface area (Å²) in [5, 5.41) is 8.14. The monoisotopic (exact) mass is 797 g/mol. The standard InChI is InChI=1S/C24H18N4O2.C23H18ClN3O2/c1-16-19(24(29)28-15-17-8-11-26-12-9-17)4-3-5-22(16)30-23-10-13-27-21-14-18(25-2)6-7-20(21)23;1-15-18(23(28)27-14-16-7-10-25-11-8-16)3-2-4-21(15)29-22-9-12-26-20-13-17(24)5-6-19(20)22/h3-14H,15H2,1H3,(H,28,29);2-13H,14H2,1H3,(H,27,28). The Hall–Kier alpha value is -7.68. The molecule has 0 saturated carbocycles. The molecule has 8 rings (SSSR count). The van der Waals surface area contributed by atoms with E-state index in [9.17, 15) is 9.59 Å². The molecule has 12 heteroatoms. The predicted octanol–water partition coefficient (Wildman–Crippen LogP) is 10.5. The molecule has 0 radical (unpaired) electrons. The van der Waals surface area contributed by atoms with Gasteiger partial charge in [-0.1, -0.05) is 35.9 Å². The molecular weight excluding hydrogens is 762 g/mol. The van der Waals surface area contributed by atoms with Crippen LogP contribution in [0, 0.1) is 20.4 Å². The van der Waals surface area contributed by atoms with Crippen LogP contribution in [0.1, 0.15) is 43.0 Å². The number of nitrogens with one attached hydrogen (secondary N) is 2. The summed E-state index contributed by atoms with van der Waals surface area (Å²) >= 11 is 6.06. The molecule has 0 bridgehead atoms. The van der Waals surface area contributed by atoms with Crippen LogP contribution in [-0.2, 0) is 13.1 Å². The maximum atomic E-state index is 12.7. The molecule has 0 aliphatic carbocycles. The van der Waals surface area contributed by atoms with Crippen LogP contribution in [0.25, 0.3) is 26.7 Å². The second-order valence-electron chi connectivity index (χ2n) is 13.2. The molecule has 290 valence electrons. The highest BCUT2D eigenvalue weighted by Gasteiger charge is 2.16. The van der Waals surface area contributed by atoms with E-state index in [1.807, 2.05) is 68.4 Å². The fourth-order valence-corrected chi connectivity index (χ4v) is 6.35. The zero-order chi connectivity index (χ0) is 41.1. The lowest BCUT2D eigenvalue weighted by atomic mass is 10.1. The molecule has 0 aliphatic rings. The number of hydrogen-bond donors (Lipinski definition) is 2. The van der Waals surface area contributed by atoms with Crippen LogP contribution in [0.2, 0.25) is 5.02 Å². The number of aromatic nitrogens is 4. The van der Waals surface area contributed by atoms with E-state index in [2.05, 4.69) is 35.4 Å². The van der Waals surface area contributed by atoms with E-state index in [4.69, 9.17) is 27.6 Å². The van der Waals surface area contributed by atoms with Crippen molar-refractivity contribution in [2.45, 2.75) is 26.9 Å². The predicted molar refractivity (Wildman–Crippen MR) is 228 cm³/mol. The zero-order valence-electron chi connectivity index (χ0n) is 32.0. The van der Waals surface area contributed by atoms with E-state index in [1.54, 1.807) is 91.8 Å². The van der Waals surface area contributed by atoms with Gasteiger partial charge in [0.1, 0.15) is 23.0 Å². The van der Waals surface area contributed by atoms with Crippen LogP contribution in [0.15, 0.2) is 146 Å². The van der Waals surface area contributed by atoms with Gasteiger partial charge in [0.05, 0.1) is 17.6 Å². The first-order valence-electron chi connectivity index (χ1n) is 18.5. The van der Waals surface area contributed by atoms with Crippen LogP contribution in [0.5, 0.6) is 23.0 Å². The fraction of sp³-hybridized carbons (Fsp3) is 0.0851. The minimum absolute atomic E-state index is 0.156. The van der Waals surface area contributed by atoms with Crippen LogP contribution in [-0.4, -0.2) is 31.8 Å². The lowest BCUT2D eigenvalue weighted by Gasteiger charge is -2.14. The van der Waals surface area contributed by atoms with Crippen molar-refractivity contribution < 1.29 is 19.1 Å². The number of pyridine rings is 4. The van der Waals surface area contributed by atoms with Crippen molar-refractivity contribution in [3.8, 4) is 23.0 Å². The van der Waals surface area contributed by atoms with Crippen molar-refractivity contribution in [1.82, 2.24) is 30.6 Å². The van der Waals surface area contributed by atoms with Gasteiger partial charge in [0, 0.05) is 88.3 Å². The molecular formula is C47H36ClN7O4. The fourth-order valence-electron chi connectivity index (χ4n) is 6.19. The second kappa shape index (κ2) is 18.5. The maximum absolute atomic E-state index is 12.7. The van der Waals surface area contributed by atoms with Crippen LogP contribution >= 0.6 is 11.6 Å². The number of amides is 2. The minimum Gasteiger partial charge on any atom is -0.456 e. The van der Waals surface area contributed by atoms with E-state index >= 15 is 0 Å². The molecule has 0 spiro atoms. The summed E-state index contributed by atoms with van der Waals surface area (Å²) in [4.78, 5) is 45.4. The molecule has 59 heavy (non-hydrogen) atoms. The first kappa shape index (κ1) is 39.6. The first-order valence-corrected chi connectivity index (χ1v) is 18.8. The van der Waals surface area contributed by atoms with Gasteiger partial charge in [-0.2, -0.15) is 0 Å². The smallest absolute Gasteiger partial charge is 0.251 e. The van der Waals surface area contributed by atoms with E-state index in [0.29, 0.717) is 63.4 Å². The maximum Gasteiger partial charge on any atom is 0.251 e.